The molecule has 0 fully saturated rings. The first kappa shape index (κ1) is 9.35. The number of carbonyl (C=O) groups is 2. The Labute approximate surface area is 63.6 Å². The first-order chi connectivity index (χ1) is 5.30. The van der Waals surface area contributed by atoms with Crippen molar-refractivity contribution in [2.45, 2.75) is 0 Å². The molecule has 0 atom stereocenters. The third-order valence-electron chi connectivity index (χ3n) is 0.937. The molecule has 11 heavy (non-hydrogen) atoms. The largest absolute Gasteiger partial charge is 0.465 e. The molecule has 1 aliphatic heterocycles. The summed E-state index contributed by atoms with van der Waals surface area (Å²) in [7, 11) is 0. The first-order valence-corrected chi connectivity index (χ1v) is 2.76. The molecule has 0 saturated heterocycles. The van der Waals surface area contributed by atoms with E-state index in [1.165, 1.54) is 6.20 Å². The second kappa shape index (κ2) is 5.16. The first-order valence-electron chi connectivity index (χ1n) is 2.76. The van der Waals surface area contributed by atoms with Gasteiger partial charge in [-0.25, -0.2) is 4.79 Å². The van der Waals surface area contributed by atoms with E-state index in [-0.39, 0.29) is 6.67 Å². The third kappa shape index (κ3) is 3.14. The minimum absolute atomic E-state index is 0.214. The molecule has 5 nitrogen and oxygen atoms in total. The van der Waals surface area contributed by atoms with Gasteiger partial charge in [-0.3, -0.25) is 9.89 Å². The molecule has 1 aliphatic rings. The topological polar surface area (TPSA) is 70.0 Å². The zero-order chi connectivity index (χ0) is 8.69. The monoisotopic (exact) mass is 156 g/mol. The summed E-state index contributed by atoms with van der Waals surface area (Å²) in [5, 5.41) is 8.34. The maximum absolute atomic E-state index is 10.2. The summed E-state index contributed by atoms with van der Waals surface area (Å²) < 4.78 is 0. The van der Waals surface area contributed by atoms with Crippen LogP contribution in [0.2, 0.25) is 0 Å². The van der Waals surface area contributed by atoms with Crippen molar-refractivity contribution >= 4 is 19.1 Å². The second-order valence-electron chi connectivity index (χ2n) is 1.57. The predicted molar refractivity (Wildman–Crippen MR) is 39.5 cm³/mol. The summed E-state index contributed by atoms with van der Waals surface area (Å²) in [5.74, 6) is 0. The Bertz CT molecular complexity index is 188. The van der Waals surface area contributed by atoms with Crippen LogP contribution in [0.4, 0.5) is 4.79 Å². The molecule has 5 heteroatoms. The van der Waals surface area contributed by atoms with Gasteiger partial charge >= 0.3 is 6.09 Å². The van der Waals surface area contributed by atoms with E-state index in [0.29, 0.717) is 0 Å². The summed E-state index contributed by atoms with van der Waals surface area (Å²) in [5.41, 5.74) is 0. The summed E-state index contributed by atoms with van der Waals surface area (Å²) in [6.45, 7) is 2.21. The van der Waals surface area contributed by atoms with E-state index in [0.717, 1.165) is 4.90 Å². The van der Waals surface area contributed by atoms with Gasteiger partial charge < -0.3 is 9.90 Å². The molecule has 0 aromatic rings. The van der Waals surface area contributed by atoms with E-state index < -0.39 is 6.09 Å². The maximum Gasteiger partial charge on any atom is 0.412 e. The minimum atomic E-state index is -0.969. The van der Waals surface area contributed by atoms with Gasteiger partial charge in [0.2, 0.25) is 0 Å². The highest BCUT2D eigenvalue weighted by Crippen LogP contribution is 1.94. The predicted octanol–water partition coefficient (Wildman–Crippen LogP) is 0.337. The lowest BCUT2D eigenvalue weighted by molar-refractivity contribution is -0.0979. The third-order valence-corrected chi connectivity index (χ3v) is 0.937. The van der Waals surface area contributed by atoms with Gasteiger partial charge in [-0.1, -0.05) is 0 Å². The van der Waals surface area contributed by atoms with Crippen LogP contribution >= 0.6 is 0 Å². The van der Waals surface area contributed by atoms with Gasteiger partial charge in [-0.2, -0.15) is 0 Å². The van der Waals surface area contributed by atoms with Crippen LogP contribution in [0.15, 0.2) is 17.3 Å². The van der Waals surface area contributed by atoms with Crippen molar-refractivity contribution in [1.29, 1.82) is 0 Å². The van der Waals surface area contributed by atoms with Gasteiger partial charge in [0.05, 0.1) is 0 Å². The number of hydrogen-bond donors (Lipinski definition) is 1. The van der Waals surface area contributed by atoms with Crippen molar-refractivity contribution in [3.8, 4) is 0 Å². The molecule has 0 saturated carbocycles. The van der Waals surface area contributed by atoms with Gasteiger partial charge in [0.1, 0.15) is 13.5 Å². The van der Waals surface area contributed by atoms with E-state index in [4.69, 9.17) is 9.90 Å². The number of rotatable bonds is 0. The van der Waals surface area contributed by atoms with Crippen molar-refractivity contribution in [3.05, 3.63) is 12.3 Å². The van der Waals surface area contributed by atoms with E-state index in [2.05, 4.69) is 4.99 Å². The van der Waals surface area contributed by atoms with Gasteiger partial charge in [0, 0.05) is 12.4 Å². The summed E-state index contributed by atoms with van der Waals surface area (Å²) in [6, 6.07) is 0. The van der Waals surface area contributed by atoms with Crippen LogP contribution in [-0.4, -0.2) is 35.8 Å². The van der Waals surface area contributed by atoms with Crippen molar-refractivity contribution in [2.75, 3.05) is 6.67 Å². The Kier molecular flexibility index (Phi) is 4.39. The maximum atomic E-state index is 10.2. The van der Waals surface area contributed by atoms with Crippen LogP contribution in [0.25, 0.3) is 0 Å². The highest BCUT2D eigenvalue weighted by atomic mass is 16.4. The fourth-order valence-corrected chi connectivity index (χ4v) is 0.510. The van der Waals surface area contributed by atoms with Gasteiger partial charge in [0.15, 0.2) is 0 Å². The molecule has 0 unspecified atom stereocenters. The number of allylic oxidation sites excluding steroid dienone is 1. The summed E-state index contributed by atoms with van der Waals surface area (Å²) >= 11 is 0. The zero-order valence-electron chi connectivity index (χ0n) is 5.80. The molecule has 0 aromatic carbocycles. The fraction of sp³-hybridized carbons (Fsp3) is 0.167. The van der Waals surface area contributed by atoms with Crippen LogP contribution < -0.4 is 0 Å². The van der Waals surface area contributed by atoms with Gasteiger partial charge in [0.25, 0.3) is 0 Å². The average molecular weight is 156 g/mol. The lowest BCUT2D eigenvalue weighted by Crippen LogP contribution is -2.25. The molecule has 1 amide bonds. The Morgan fingerprint density at radius 1 is 1.64 bits per heavy atom. The van der Waals surface area contributed by atoms with Crippen molar-refractivity contribution in [3.63, 3.8) is 0 Å². The van der Waals surface area contributed by atoms with Crippen LogP contribution in [0.5, 0.6) is 0 Å². The van der Waals surface area contributed by atoms with E-state index in [1.54, 1.807) is 12.3 Å². The molecule has 1 rings (SSSR count). The van der Waals surface area contributed by atoms with Crippen LogP contribution in [0.1, 0.15) is 0 Å². The van der Waals surface area contributed by atoms with E-state index >= 15 is 0 Å². The molecule has 0 aliphatic carbocycles. The van der Waals surface area contributed by atoms with Crippen LogP contribution in [-0.2, 0) is 4.79 Å². The molecule has 0 radical (unpaired) electrons. The molecule has 0 spiro atoms. The van der Waals surface area contributed by atoms with Crippen molar-refractivity contribution in [1.82, 2.24) is 4.90 Å². The Balaban J connectivity index is 0.000000461. The Morgan fingerprint density at radius 3 is 2.55 bits per heavy atom. The summed E-state index contributed by atoms with van der Waals surface area (Å²) in [6.07, 6.45) is 3.65. The number of carboxylic acid groups (broad SMARTS) is 1. The number of nitrogens with zero attached hydrogens (tertiary/aromatic N) is 2. The SMILES string of the molecule is C=O.O=C(O)N1C=CC=NC1. The normalized spacial score (nSPS) is 13.6. The number of amides is 1. The van der Waals surface area contributed by atoms with Gasteiger partial charge in [-0.15, -0.1) is 0 Å². The number of hydrogen-bond acceptors (Lipinski definition) is 3. The number of aliphatic imine (C=N–C) groups is 1. The smallest absolute Gasteiger partial charge is 0.412 e. The molecular formula is C6H8N2O3. The molecule has 1 heterocycles. The quantitative estimate of drug-likeness (QED) is 0.549. The number of carbonyl (C=O) groups excluding carboxylic acids is 1. The van der Waals surface area contributed by atoms with Crippen LogP contribution in [0, 0.1) is 0 Å². The molecule has 0 bridgehead atoms. The zero-order valence-corrected chi connectivity index (χ0v) is 5.80. The van der Waals surface area contributed by atoms with Crippen molar-refractivity contribution in [2.24, 2.45) is 4.99 Å². The van der Waals surface area contributed by atoms with E-state index in [9.17, 15) is 4.79 Å². The molecule has 0 aromatic heterocycles. The standard InChI is InChI=1S/C5H6N2O2.CH2O/c8-5(9)7-3-1-2-6-4-7;1-2/h1-3H,4H2,(H,8,9);1H2. The Morgan fingerprint density at radius 2 is 2.27 bits per heavy atom. The fourth-order valence-electron chi connectivity index (χ4n) is 0.510. The summed E-state index contributed by atoms with van der Waals surface area (Å²) in [4.78, 5) is 23.0. The highest BCUT2D eigenvalue weighted by Gasteiger charge is 2.06. The lowest BCUT2D eigenvalue weighted by Gasteiger charge is -2.12. The lowest BCUT2D eigenvalue weighted by atomic mass is 10.5. The highest BCUT2D eigenvalue weighted by molar-refractivity contribution is 5.75. The molecule has 60 valence electrons. The van der Waals surface area contributed by atoms with Crippen LogP contribution in [0.3, 0.4) is 0 Å². The van der Waals surface area contributed by atoms with Crippen molar-refractivity contribution < 1.29 is 14.7 Å². The minimum Gasteiger partial charge on any atom is -0.465 e. The Hall–Kier alpha value is -1.65. The molecular weight excluding hydrogens is 148 g/mol. The molecule has 1 N–H and O–H groups in total. The van der Waals surface area contributed by atoms with Gasteiger partial charge in [-0.05, 0) is 6.08 Å². The average Bonchev–Trinajstić information content (AvgIpc) is 2.10. The van der Waals surface area contributed by atoms with E-state index in [1.807, 2.05) is 6.79 Å². The second-order valence-corrected chi connectivity index (χ2v) is 1.57.